The van der Waals surface area contributed by atoms with Crippen molar-refractivity contribution in [3.63, 3.8) is 0 Å². The van der Waals surface area contributed by atoms with E-state index < -0.39 is 22.8 Å². The highest BCUT2D eigenvalue weighted by Crippen LogP contribution is 2.28. The van der Waals surface area contributed by atoms with Gasteiger partial charge in [0.2, 0.25) is 5.43 Å². The average molecular weight is 481 g/mol. The Kier molecular flexibility index (Phi) is 6.89. The molecule has 34 heavy (non-hydrogen) atoms. The number of para-hydroxylation sites is 1. The van der Waals surface area contributed by atoms with Crippen molar-refractivity contribution in [1.29, 1.82) is 0 Å². The van der Waals surface area contributed by atoms with Gasteiger partial charge < -0.3 is 14.8 Å². The maximum atomic E-state index is 13.4. The number of pyridine rings is 1. The molecule has 7 nitrogen and oxygen atoms in total. The summed E-state index contributed by atoms with van der Waals surface area (Å²) in [5, 5.41) is 3.67. The molecule has 180 valence electrons. The van der Waals surface area contributed by atoms with Gasteiger partial charge in [-0.3, -0.25) is 14.4 Å². The van der Waals surface area contributed by atoms with Crippen LogP contribution in [0.15, 0.2) is 41.5 Å². The third-order valence-corrected chi connectivity index (χ3v) is 7.08. The van der Waals surface area contributed by atoms with E-state index in [0.29, 0.717) is 6.54 Å². The number of carbonyl (C=O) groups is 2. The highest BCUT2D eigenvalue weighted by Gasteiger charge is 2.26. The minimum absolute atomic E-state index is 0.0136. The number of fused-ring (bicyclic) bond motifs is 1. The molecule has 0 atom stereocenters. The standard InChI is InChI=1S/C26H32N4O3S/c1-26(2,3)28-24(32)18-14-30(17-10-6-5-7-11-17)15-19(23(18)31)25(33)29(4)16-22-27-20-12-8-9-13-21(20)34-22/h8-9,12-15,17H,5-7,10-11,16H2,1-4H3,(H,28,32). The summed E-state index contributed by atoms with van der Waals surface area (Å²) in [7, 11) is 1.67. The minimum Gasteiger partial charge on any atom is -0.349 e. The molecule has 1 aromatic carbocycles. The number of benzene rings is 1. The molecule has 1 aliphatic rings. The minimum atomic E-state index is -0.532. The first-order valence-corrected chi connectivity index (χ1v) is 12.6. The van der Waals surface area contributed by atoms with Gasteiger partial charge in [0.1, 0.15) is 16.1 Å². The van der Waals surface area contributed by atoms with Crippen molar-refractivity contribution in [2.75, 3.05) is 7.05 Å². The van der Waals surface area contributed by atoms with Crippen LogP contribution in [0.1, 0.15) is 84.6 Å². The fourth-order valence-corrected chi connectivity index (χ4v) is 5.40. The third kappa shape index (κ3) is 5.38. The molecule has 2 heterocycles. The molecule has 0 saturated heterocycles. The SMILES string of the molecule is CN(Cc1nc2ccccc2s1)C(=O)c1cn(C2CCCCC2)cc(C(=O)NC(C)(C)C)c1=O. The zero-order chi connectivity index (χ0) is 24.5. The molecule has 8 heteroatoms. The summed E-state index contributed by atoms with van der Waals surface area (Å²) in [4.78, 5) is 45.9. The average Bonchev–Trinajstić information content (AvgIpc) is 3.20. The van der Waals surface area contributed by atoms with Gasteiger partial charge in [0.05, 0.1) is 16.8 Å². The van der Waals surface area contributed by atoms with Gasteiger partial charge in [0, 0.05) is 31.0 Å². The van der Waals surface area contributed by atoms with Crippen LogP contribution in [0.2, 0.25) is 0 Å². The van der Waals surface area contributed by atoms with Crippen molar-refractivity contribution in [2.24, 2.45) is 0 Å². The van der Waals surface area contributed by atoms with Crippen molar-refractivity contribution in [3.05, 3.63) is 63.0 Å². The van der Waals surface area contributed by atoms with Crippen LogP contribution in [0.3, 0.4) is 0 Å². The van der Waals surface area contributed by atoms with E-state index in [4.69, 9.17) is 0 Å². The number of hydrogen-bond donors (Lipinski definition) is 1. The molecule has 1 saturated carbocycles. The lowest BCUT2D eigenvalue weighted by atomic mass is 9.95. The Hall–Kier alpha value is -3.00. The van der Waals surface area contributed by atoms with E-state index in [1.807, 2.05) is 49.6 Å². The van der Waals surface area contributed by atoms with Crippen molar-refractivity contribution in [3.8, 4) is 0 Å². The monoisotopic (exact) mass is 480 g/mol. The van der Waals surface area contributed by atoms with Gasteiger partial charge in [-0.1, -0.05) is 31.4 Å². The smallest absolute Gasteiger partial charge is 0.259 e. The van der Waals surface area contributed by atoms with Crippen LogP contribution in [-0.4, -0.2) is 38.9 Å². The van der Waals surface area contributed by atoms with Crippen LogP contribution in [0, 0.1) is 0 Å². The second kappa shape index (κ2) is 9.70. The molecular weight excluding hydrogens is 448 g/mol. The number of rotatable bonds is 5. The van der Waals surface area contributed by atoms with Crippen molar-refractivity contribution in [1.82, 2.24) is 19.8 Å². The molecule has 3 aromatic rings. The van der Waals surface area contributed by atoms with Gasteiger partial charge in [-0.25, -0.2) is 4.98 Å². The molecule has 1 aliphatic carbocycles. The third-order valence-electron chi connectivity index (χ3n) is 6.06. The molecule has 0 radical (unpaired) electrons. The Labute approximate surface area is 203 Å². The molecule has 1 fully saturated rings. The normalized spacial score (nSPS) is 14.8. The van der Waals surface area contributed by atoms with Crippen molar-refractivity contribution < 1.29 is 9.59 Å². The van der Waals surface area contributed by atoms with Crippen LogP contribution in [0.4, 0.5) is 0 Å². The van der Waals surface area contributed by atoms with Crippen molar-refractivity contribution >= 4 is 33.4 Å². The maximum absolute atomic E-state index is 13.4. The summed E-state index contributed by atoms with van der Waals surface area (Å²) < 4.78 is 2.97. The van der Waals surface area contributed by atoms with Gasteiger partial charge in [0.15, 0.2) is 0 Å². The van der Waals surface area contributed by atoms with Crippen LogP contribution < -0.4 is 10.7 Å². The van der Waals surface area contributed by atoms with E-state index in [-0.39, 0.29) is 17.2 Å². The number of thiazole rings is 1. The molecule has 4 rings (SSSR count). The summed E-state index contributed by atoms with van der Waals surface area (Å²) in [6, 6.07) is 8.01. The summed E-state index contributed by atoms with van der Waals surface area (Å²) in [6.07, 6.45) is 8.59. The molecule has 0 spiro atoms. The number of hydrogen-bond acceptors (Lipinski definition) is 5. The van der Waals surface area contributed by atoms with Crippen LogP contribution in [0.25, 0.3) is 10.2 Å². The van der Waals surface area contributed by atoms with Crippen molar-refractivity contribution in [2.45, 2.75) is 71.0 Å². The fourth-order valence-electron chi connectivity index (χ4n) is 4.38. The molecule has 0 unspecified atom stereocenters. The van der Waals surface area contributed by atoms with Gasteiger partial charge >= 0.3 is 0 Å². The predicted molar refractivity (Wildman–Crippen MR) is 135 cm³/mol. The second-order valence-corrected chi connectivity index (χ2v) is 11.2. The van der Waals surface area contributed by atoms with Gasteiger partial charge in [-0.05, 0) is 45.7 Å². The van der Waals surface area contributed by atoms with E-state index in [1.54, 1.807) is 19.4 Å². The zero-order valence-corrected chi connectivity index (χ0v) is 21.1. The first-order chi connectivity index (χ1) is 16.1. The van der Waals surface area contributed by atoms with Gasteiger partial charge in [0.25, 0.3) is 11.8 Å². The Morgan fingerprint density at radius 2 is 1.79 bits per heavy atom. The first-order valence-electron chi connectivity index (χ1n) is 11.8. The first kappa shape index (κ1) is 24.1. The number of amides is 2. The maximum Gasteiger partial charge on any atom is 0.259 e. The van der Waals surface area contributed by atoms with Gasteiger partial charge in [-0.15, -0.1) is 11.3 Å². The number of nitrogens with zero attached hydrogens (tertiary/aromatic N) is 3. The molecule has 2 amide bonds. The van der Waals surface area contributed by atoms with E-state index in [9.17, 15) is 14.4 Å². The number of nitrogens with one attached hydrogen (secondary N) is 1. The van der Waals surface area contributed by atoms with Crippen LogP contribution in [0.5, 0.6) is 0 Å². The molecule has 2 aromatic heterocycles. The highest BCUT2D eigenvalue weighted by molar-refractivity contribution is 7.18. The Bertz CT molecular complexity index is 1230. The van der Waals surface area contributed by atoms with E-state index in [1.165, 1.54) is 22.7 Å². The Balaban J connectivity index is 1.67. The van der Waals surface area contributed by atoms with Crippen LogP contribution >= 0.6 is 11.3 Å². The summed E-state index contributed by atoms with van der Waals surface area (Å²) >= 11 is 1.53. The van der Waals surface area contributed by atoms with E-state index >= 15 is 0 Å². The molecular formula is C26H32N4O3S. The van der Waals surface area contributed by atoms with Crippen LogP contribution in [-0.2, 0) is 6.54 Å². The number of carbonyl (C=O) groups excluding carboxylic acids is 2. The molecule has 0 bridgehead atoms. The topological polar surface area (TPSA) is 84.3 Å². The summed E-state index contributed by atoms with van der Waals surface area (Å²) in [6.45, 7) is 5.89. The lowest BCUT2D eigenvalue weighted by Gasteiger charge is -2.27. The quantitative estimate of drug-likeness (QED) is 0.570. The molecule has 0 aliphatic heterocycles. The zero-order valence-electron chi connectivity index (χ0n) is 20.3. The predicted octanol–water partition coefficient (Wildman–Crippen LogP) is 4.76. The van der Waals surface area contributed by atoms with Gasteiger partial charge in [-0.2, -0.15) is 0 Å². The largest absolute Gasteiger partial charge is 0.349 e. The highest BCUT2D eigenvalue weighted by atomic mass is 32.1. The Morgan fingerprint density at radius 1 is 1.12 bits per heavy atom. The summed E-state index contributed by atoms with van der Waals surface area (Å²) in [5.41, 5.74) is -0.0997. The van der Waals surface area contributed by atoms with E-state index in [2.05, 4.69) is 10.3 Å². The molecule has 1 N–H and O–H groups in total. The lowest BCUT2D eigenvalue weighted by Crippen LogP contribution is -2.43. The summed E-state index contributed by atoms with van der Waals surface area (Å²) in [5.74, 6) is -0.857. The lowest BCUT2D eigenvalue weighted by molar-refractivity contribution is 0.0782. The number of aromatic nitrogens is 2. The second-order valence-electron chi connectivity index (χ2n) is 10.1. The Morgan fingerprint density at radius 3 is 2.47 bits per heavy atom. The van der Waals surface area contributed by atoms with E-state index in [0.717, 1.165) is 40.9 Å². The fraction of sp³-hybridized carbons (Fsp3) is 0.462.